The Morgan fingerprint density at radius 3 is 2.50 bits per heavy atom. The van der Waals surface area contributed by atoms with Crippen molar-refractivity contribution in [2.24, 2.45) is 7.05 Å². The Labute approximate surface area is 124 Å². The molecule has 0 bridgehead atoms. The Kier molecular flexibility index (Phi) is 3.69. The Balaban J connectivity index is 2.79. The predicted molar refractivity (Wildman–Crippen MR) is 83.3 cm³/mol. The van der Waals surface area contributed by atoms with Crippen LogP contribution in [0, 0.1) is 0 Å². The van der Waals surface area contributed by atoms with Crippen LogP contribution in [0.1, 0.15) is 26.5 Å². The molecule has 0 aliphatic rings. The molecule has 0 fully saturated rings. The molecule has 2 aromatic rings. The molecule has 4 nitrogen and oxygen atoms in total. The Morgan fingerprint density at radius 1 is 1.30 bits per heavy atom. The molecule has 0 atom stereocenters. The first-order valence-electron chi connectivity index (χ1n) is 6.42. The van der Waals surface area contributed by atoms with Crippen molar-refractivity contribution in [1.29, 1.82) is 0 Å². The number of hydrogen-bond donors (Lipinski definition) is 1. The quantitative estimate of drug-likeness (QED) is 0.920. The molecule has 0 aliphatic carbocycles. The van der Waals surface area contributed by atoms with Gasteiger partial charge in [-0.25, -0.2) is 0 Å². The number of aryl methyl sites for hydroxylation is 1. The van der Waals surface area contributed by atoms with E-state index in [2.05, 4.69) is 25.9 Å². The van der Waals surface area contributed by atoms with Gasteiger partial charge in [0.15, 0.2) is 0 Å². The summed E-state index contributed by atoms with van der Waals surface area (Å²) in [4.78, 5) is 0. The lowest BCUT2D eigenvalue weighted by Crippen LogP contribution is -2.14. The fourth-order valence-corrected chi connectivity index (χ4v) is 2.38. The minimum Gasteiger partial charge on any atom is -0.496 e. The van der Waals surface area contributed by atoms with Crippen LogP contribution in [0.2, 0.25) is 5.02 Å². The molecule has 1 heterocycles. The van der Waals surface area contributed by atoms with Crippen LogP contribution in [0.4, 0.5) is 5.82 Å². The van der Waals surface area contributed by atoms with Crippen molar-refractivity contribution >= 4 is 17.4 Å². The van der Waals surface area contributed by atoms with Crippen LogP contribution in [0.25, 0.3) is 11.1 Å². The van der Waals surface area contributed by atoms with Crippen molar-refractivity contribution in [2.75, 3.05) is 12.8 Å². The fourth-order valence-electron chi connectivity index (χ4n) is 2.20. The number of benzene rings is 1. The number of anilines is 1. The van der Waals surface area contributed by atoms with E-state index in [0.29, 0.717) is 10.8 Å². The van der Waals surface area contributed by atoms with Crippen molar-refractivity contribution in [3.63, 3.8) is 0 Å². The van der Waals surface area contributed by atoms with E-state index < -0.39 is 0 Å². The van der Waals surface area contributed by atoms with Gasteiger partial charge in [0.05, 0.1) is 18.4 Å². The highest BCUT2D eigenvalue weighted by Gasteiger charge is 2.27. The topological polar surface area (TPSA) is 53.1 Å². The summed E-state index contributed by atoms with van der Waals surface area (Å²) in [5.74, 6) is 1.34. The monoisotopic (exact) mass is 293 g/mol. The molecule has 1 aromatic carbocycles. The number of methoxy groups -OCH3 is 1. The van der Waals surface area contributed by atoms with E-state index in [1.165, 1.54) is 0 Å². The molecule has 0 amide bonds. The van der Waals surface area contributed by atoms with Gasteiger partial charge in [-0.15, -0.1) is 0 Å². The summed E-state index contributed by atoms with van der Waals surface area (Å²) in [5, 5.41) is 5.20. The molecule has 0 spiro atoms. The molecule has 20 heavy (non-hydrogen) atoms. The van der Waals surface area contributed by atoms with Crippen LogP contribution in [-0.4, -0.2) is 16.9 Å². The van der Waals surface area contributed by atoms with Crippen LogP contribution in [0.5, 0.6) is 5.75 Å². The molecule has 5 heteroatoms. The van der Waals surface area contributed by atoms with Gasteiger partial charge in [-0.05, 0) is 18.2 Å². The smallest absolute Gasteiger partial charge is 0.129 e. The lowest BCUT2D eigenvalue weighted by molar-refractivity contribution is 0.416. The SMILES string of the molecule is COc1ccc(Cl)cc1-c1c(C(C)(C)C)nn(C)c1N. The second-order valence-corrected chi connectivity index (χ2v) is 6.26. The minimum absolute atomic E-state index is 0.127. The Morgan fingerprint density at radius 2 is 1.95 bits per heavy atom. The molecular weight excluding hydrogens is 274 g/mol. The lowest BCUT2D eigenvalue weighted by atomic mass is 9.87. The van der Waals surface area contributed by atoms with E-state index in [0.717, 1.165) is 22.6 Å². The van der Waals surface area contributed by atoms with Gasteiger partial charge in [0, 0.05) is 23.0 Å². The number of aromatic nitrogens is 2. The third-order valence-corrected chi connectivity index (χ3v) is 3.47. The highest BCUT2D eigenvalue weighted by Crippen LogP contribution is 2.41. The van der Waals surface area contributed by atoms with E-state index in [9.17, 15) is 0 Å². The van der Waals surface area contributed by atoms with Gasteiger partial charge >= 0.3 is 0 Å². The zero-order chi connectivity index (χ0) is 15.1. The van der Waals surface area contributed by atoms with Crippen molar-refractivity contribution < 1.29 is 4.74 Å². The summed E-state index contributed by atoms with van der Waals surface area (Å²) in [6.45, 7) is 6.32. The molecule has 0 radical (unpaired) electrons. The number of rotatable bonds is 2. The van der Waals surface area contributed by atoms with E-state index in [-0.39, 0.29) is 5.41 Å². The maximum Gasteiger partial charge on any atom is 0.129 e. The van der Waals surface area contributed by atoms with Gasteiger partial charge in [-0.1, -0.05) is 32.4 Å². The highest BCUT2D eigenvalue weighted by atomic mass is 35.5. The molecule has 1 aromatic heterocycles. The maximum atomic E-state index is 6.21. The standard InChI is InChI=1S/C15H20ClN3O/c1-15(2,3)13-12(14(17)19(4)18-13)10-8-9(16)6-7-11(10)20-5/h6-8H,17H2,1-5H3. The number of hydrogen-bond acceptors (Lipinski definition) is 3. The lowest BCUT2D eigenvalue weighted by Gasteiger charge is -2.19. The van der Waals surface area contributed by atoms with Crippen molar-refractivity contribution in [2.45, 2.75) is 26.2 Å². The zero-order valence-corrected chi connectivity index (χ0v) is 13.2. The average molecular weight is 294 g/mol. The number of nitrogens with zero attached hydrogens (tertiary/aromatic N) is 2. The first kappa shape index (κ1) is 14.7. The van der Waals surface area contributed by atoms with Gasteiger partial charge in [-0.2, -0.15) is 5.10 Å². The molecular formula is C15H20ClN3O. The van der Waals surface area contributed by atoms with Crippen LogP contribution < -0.4 is 10.5 Å². The summed E-state index contributed by atoms with van der Waals surface area (Å²) in [5.41, 5.74) is 8.77. The van der Waals surface area contributed by atoms with Crippen molar-refractivity contribution in [3.8, 4) is 16.9 Å². The molecule has 2 N–H and O–H groups in total. The maximum absolute atomic E-state index is 6.21. The highest BCUT2D eigenvalue weighted by molar-refractivity contribution is 6.31. The summed E-state index contributed by atoms with van der Waals surface area (Å²) < 4.78 is 7.13. The summed E-state index contributed by atoms with van der Waals surface area (Å²) in [6, 6.07) is 5.51. The number of nitrogen functional groups attached to an aromatic ring is 1. The van der Waals surface area contributed by atoms with Gasteiger partial charge in [0.2, 0.25) is 0 Å². The normalized spacial score (nSPS) is 11.7. The third-order valence-electron chi connectivity index (χ3n) is 3.23. The molecule has 0 saturated carbocycles. The zero-order valence-electron chi connectivity index (χ0n) is 12.5. The number of ether oxygens (including phenoxy) is 1. The van der Waals surface area contributed by atoms with E-state index >= 15 is 0 Å². The van der Waals surface area contributed by atoms with Crippen LogP contribution in [0.15, 0.2) is 18.2 Å². The third kappa shape index (κ3) is 2.48. The average Bonchev–Trinajstić information content (AvgIpc) is 2.66. The van der Waals surface area contributed by atoms with E-state index in [1.54, 1.807) is 17.9 Å². The van der Waals surface area contributed by atoms with Gasteiger partial charge in [-0.3, -0.25) is 4.68 Å². The van der Waals surface area contributed by atoms with E-state index in [1.807, 2.05) is 19.2 Å². The Hall–Kier alpha value is -1.68. The van der Waals surface area contributed by atoms with Crippen LogP contribution >= 0.6 is 11.6 Å². The number of halogens is 1. The van der Waals surface area contributed by atoms with Crippen LogP contribution in [0.3, 0.4) is 0 Å². The van der Waals surface area contributed by atoms with Crippen molar-refractivity contribution in [3.05, 3.63) is 28.9 Å². The Bertz CT molecular complexity index is 641. The molecule has 0 saturated heterocycles. The largest absolute Gasteiger partial charge is 0.496 e. The summed E-state index contributed by atoms with van der Waals surface area (Å²) in [7, 11) is 3.47. The minimum atomic E-state index is -0.127. The summed E-state index contributed by atoms with van der Waals surface area (Å²) in [6.07, 6.45) is 0. The number of nitrogens with two attached hydrogens (primary N) is 1. The van der Waals surface area contributed by atoms with Crippen LogP contribution in [-0.2, 0) is 12.5 Å². The molecule has 0 unspecified atom stereocenters. The van der Waals surface area contributed by atoms with Gasteiger partial charge < -0.3 is 10.5 Å². The van der Waals surface area contributed by atoms with Crippen molar-refractivity contribution in [1.82, 2.24) is 9.78 Å². The second kappa shape index (κ2) is 5.02. The van der Waals surface area contributed by atoms with Gasteiger partial charge in [0.25, 0.3) is 0 Å². The molecule has 0 aliphatic heterocycles. The molecule has 2 rings (SSSR count). The fraction of sp³-hybridized carbons (Fsp3) is 0.400. The van der Waals surface area contributed by atoms with E-state index in [4.69, 9.17) is 22.1 Å². The summed E-state index contributed by atoms with van der Waals surface area (Å²) >= 11 is 6.13. The second-order valence-electron chi connectivity index (χ2n) is 5.83. The molecule has 108 valence electrons. The first-order valence-corrected chi connectivity index (χ1v) is 6.80. The van der Waals surface area contributed by atoms with Gasteiger partial charge in [0.1, 0.15) is 11.6 Å². The first-order chi connectivity index (χ1) is 9.25. The predicted octanol–water partition coefficient (Wildman–Crippen LogP) is 3.63.